The quantitative estimate of drug-likeness (QED) is 0.174. The summed E-state index contributed by atoms with van der Waals surface area (Å²) in [7, 11) is 0. The van der Waals surface area contributed by atoms with Crippen molar-refractivity contribution in [2.24, 2.45) is 0 Å². The third kappa shape index (κ3) is 4.86. The molecule has 1 spiro atoms. The fourth-order valence-corrected chi connectivity index (χ4v) is 10.5. The van der Waals surface area contributed by atoms with E-state index in [1.165, 1.54) is 60.8 Å². The van der Waals surface area contributed by atoms with Gasteiger partial charge in [0.1, 0.15) is 0 Å². The summed E-state index contributed by atoms with van der Waals surface area (Å²) in [5.41, 5.74) is 18.3. The van der Waals surface area contributed by atoms with Crippen LogP contribution in [0.25, 0.3) is 95.0 Å². The van der Waals surface area contributed by atoms with Crippen molar-refractivity contribution in [3.8, 4) is 73.2 Å². The Morgan fingerprint density at radius 3 is 1.56 bits per heavy atom. The van der Waals surface area contributed by atoms with Crippen molar-refractivity contribution in [1.29, 1.82) is 0 Å². The summed E-state index contributed by atoms with van der Waals surface area (Å²) in [4.78, 5) is 15.8. The second-order valence-corrected chi connectivity index (χ2v) is 16.3. The fourth-order valence-electron chi connectivity index (χ4n) is 10.5. The van der Waals surface area contributed by atoms with Gasteiger partial charge in [0.2, 0.25) is 0 Å². The highest BCUT2D eigenvalue weighted by atomic mass is 15.1. The number of benzene rings is 9. The zero-order chi connectivity index (χ0) is 40.8. The minimum atomic E-state index is -0.462. The molecular formula is C58H36N4. The molecule has 62 heavy (non-hydrogen) atoms. The van der Waals surface area contributed by atoms with Gasteiger partial charge in [-0.05, 0) is 74.3 Å². The van der Waals surface area contributed by atoms with Crippen LogP contribution in [0.5, 0.6) is 0 Å². The molecule has 0 unspecified atom stereocenters. The van der Waals surface area contributed by atoms with Gasteiger partial charge in [0.15, 0.2) is 17.5 Å². The van der Waals surface area contributed by atoms with Gasteiger partial charge in [0.05, 0.1) is 22.1 Å². The molecule has 2 aliphatic rings. The third-order valence-electron chi connectivity index (χ3n) is 13.1. The maximum Gasteiger partial charge on any atom is 0.166 e. The topological polar surface area (TPSA) is 43.6 Å². The molecule has 13 rings (SSSR count). The van der Waals surface area contributed by atoms with Crippen molar-refractivity contribution in [1.82, 2.24) is 19.5 Å². The van der Waals surface area contributed by atoms with E-state index < -0.39 is 5.41 Å². The normalized spacial score (nSPS) is 13.0. The van der Waals surface area contributed by atoms with Crippen LogP contribution in [0.1, 0.15) is 22.3 Å². The average molecular weight is 789 g/mol. The standard InChI is InChI=1S/C58H36N4/c1-3-18-37(19-4-1)39-22-17-23-40(36-39)56-59-55(38-20-5-2-6-21-38)60-57(61-56)46-28-11-16-33-52(46)62-51-32-15-10-26-43(51)44-34-35-50-53(54(44)62)45-27-9-14-31-49(45)58(50)47-29-12-7-24-41(47)42-25-8-13-30-48(42)58/h1-36H. The summed E-state index contributed by atoms with van der Waals surface area (Å²) in [5, 5.41) is 2.41. The predicted octanol–water partition coefficient (Wildman–Crippen LogP) is 14.0. The van der Waals surface area contributed by atoms with E-state index in [-0.39, 0.29) is 0 Å². The second-order valence-electron chi connectivity index (χ2n) is 16.3. The van der Waals surface area contributed by atoms with Crippen LogP contribution in [0.15, 0.2) is 218 Å². The molecule has 288 valence electrons. The van der Waals surface area contributed by atoms with Gasteiger partial charge in [-0.3, -0.25) is 0 Å². The summed E-state index contributed by atoms with van der Waals surface area (Å²) in [6.07, 6.45) is 0. The van der Waals surface area contributed by atoms with E-state index >= 15 is 0 Å². The molecule has 0 radical (unpaired) electrons. The van der Waals surface area contributed by atoms with Crippen molar-refractivity contribution < 1.29 is 0 Å². The Bertz CT molecular complexity index is 3540. The molecule has 2 aliphatic carbocycles. The Morgan fingerprint density at radius 2 is 0.839 bits per heavy atom. The van der Waals surface area contributed by atoms with Gasteiger partial charge in [-0.1, -0.05) is 194 Å². The van der Waals surface area contributed by atoms with Gasteiger partial charge in [0.25, 0.3) is 0 Å². The third-order valence-corrected chi connectivity index (χ3v) is 13.1. The molecular weight excluding hydrogens is 753 g/mol. The Kier molecular flexibility index (Phi) is 7.49. The minimum absolute atomic E-state index is 0.462. The lowest BCUT2D eigenvalue weighted by atomic mass is 9.70. The molecule has 0 fully saturated rings. The van der Waals surface area contributed by atoms with Crippen LogP contribution in [0.3, 0.4) is 0 Å². The van der Waals surface area contributed by atoms with Crippen molar-refractivity contribution in [2.45, 2.75) is 5.41 Å². The second kappa shape index (κ2) is 13.4. The monoisotopic (exact) mass is 788 g/mol. The van der Waals surface area contributed by atoms with Gasteiger partial charge >= 0.3 is 0 Å². The van der Waals surface area contributed by atoms with Crippen molar-refractivity contribution in [3.05, 3.63) is 241 Å². The molecule has 4 nitrogen and oxygen atoms in total. The van der Waals surface area contributed by atoms with Gasteiger partial charge < -0.3 is 4.57 Å². The van der Waals surface area contributed by atoms with E-state index in [0.29, 0.717) is 17.5 Å². The zero-order valence-corrected chi connectivity index (χ0v) is 33.6. The molecule has 2 aromatic heterocycles. The van der Waals surface area contributed by atoms with E-state index in [9.17, 15) is 0 Å². The van der Waals surface area contributed by atoms with Gasteiger partial charge in [0, 0.05) is 33.0 Å². The number of rotatable bonds is 5. The summed E-state index contributed by atoms with van der Waals surface area (Å²) in [6, 6.07) is 78.4. The van der Waals surface area contributed by atoms with Crippen LogP contribution in [0.2, 0.25) is 0 Å². The SMILES string of the molecule is c1ccc(-c2cccc(-c3nc(-c4ccccc4)nc(-c4ccccc4-n4c5ccccc5c5ccc6c(c54)-c4ccccc4C64c5ccccc5-c5ccccc54)n3)c2)cc1. The Hall–Kier alpha value is -8.21. The number of nitrogens with zero attached hydrogens (tertiary/aromatic N) is 4. The van der Waals surface area contributed by atoms with E-state index in [1.807, 2.05) is 24.3 Å². The zero-order valence-electron chi connectivity index (χ0n) is 33.6. The maximum absolute atomic E-state index is 5.35. The van der Waals surface area contributed by atoms with E-state index in [4.69, 9.17) is 15.0 Å². The van der Waals surface area contributed by atoms with Crippen LogP contribution >= 0.6 is 0 Å². The molecule has 0 amide bonds. The highest BCUT2D eigenvalue weighted by molar-refractivity contribution is 6.17. The van der Waals surface area contributed by atoms with E-state index in [0.717, 1.165) is 39.0 Å². The molecule has 11 aromatic rings. The van der Waals surface area contributed by atoms with E-state index in [1.54, 1.807) is 0 Å². The Labute approximate surface area is 359 Å². The number of hydrogen-bond donors (Lipinski definition) is 0. The molecule has 2 heterocycles. The Balaban J connectivity index is 1.10. The van der Waals surface area contributed by atoms with Crippen LogP contribution in [0.4, 0.5) is 0 Å². The lowest BCUT2D eigenvalue weighted by Crippen LogP contribution is -2.25. The molecule has 0 saturated carbocycles. The summed E-state index contributed by atoms with van der Waals surface area (Å²) in [6.45, 7) is 0. The van der Waals surface area contributed by atoms with Crippen LogP contribution in [0, 0.1) is 0 Å². The highest BCUT2D eigenvalue weighted by Crippen LogP contribution is 2.64. The first-order chi connectivity index (χ1) is 30.8. The van der Waals surface area contributed by atoms with Crippen molar-refractivity contribution in [3.63, 3.8) is 0 Å². The first-order valence-electron chi connectivity index (χ1n) is 21.2. The van der Waals surface area contributed by atoms with Crippen LogP contribution in [-0.4, -0.2) is 19.5 Å². The maximum atomic E-state index is 5.35. The van der Waals surface area contributed by atoms with Crippen LogP contribution in [-0.2, 0) is 5.41 Å². The minimum Gasteiger partial charge on any atom is -0.308 e. The summed E-state index contributed by atoms with van der Waals surface area (Å²) in [5.74, 6) is 1.87. The van der Waals surface area contributed by atoms with Gasteiger partial charge in [-0.15, -0.1) is 0 Å². The predicted molar refractivity (Wildman–Crippen MR) is 252 cm³/mol. The highest BCUT2D eigenvalue weighted by Gasteiger charge is 2.52. The van der Waals surface area contributed by atoms with E-state index in [2.05, 4.69) is 199 Å². The Morgan fingerprint density at radius 1 is 0.323 bits per heavy atom. The lowest BCUT2D eigenvalue weighted by molar-refractivity contribution is 0.794. The number of para-hydroxylation sites is 2. The summed E-state index contributed by atoms with van der Waals surface area (Å²) < 4.78 is 2.48. The molecule has 0 aliphatic heterocycles. The smallest absolute Gasteiger partial charge is 0.166 e. The summed E-state index contributed by atoms with van der Waals surface area (Å²) >= 11 is 0. The molecule has 9 aromatic carbocycles. The largest absolute Gasteiger partial charge is 0.308 e. The fraction of sp³-hybridized carbons (Fsp3) is 0.0172. The number of hydrogen-bond acceptors (Lipinski definition) is 3. The van der Waals surface area contributed by atoms with Crippen molar-refractivity contribution in [2.75, 3.05) is 0 Å². The molecule has 0 saturated heterocycles. The molecule has 0 bridgehead atoms. The first kappa shape index (κ1) is 34.6. The lowest BCUT2D eigenvalue weighted by Gasteiger charge is -2.30. The van der Waals surface area contributed by atoms with Gasteiger partial charge in [-0.2, -0.15) is 0 Å². The first-order valence-corrected chi connectivity index (χ1v) is 21.2. The average Bonchev–Trinajstić information content (AvgIpc) is 3.96. The molecule has 4 heteroatoms. The van der Waals surface area contributed by atoms with Gasteiger partial charge in [-0.25, -0.2) is 15.0 Å². The van der Waals surface area contributed by atoms with Crippen LogP contribution < -0.4 is 0 Å². The van der Waals surface area contributed by atoms with Crippen molar-refractivity contribution >= 4 is 21.8 Å². The molecule has 0 atom stereocenters. The molecule has 0 N–H and O–H groups in total. The number of fused-ring (bicyclic) bond motifs is 14. The number of aromatic nitrogens is 4.